The number of hydrogen-bond donors (Lipinski definition) is 2. The van der Waals surface area contributed by atoms with Crippen molar-refractivity contribution in [3.05, 3.63) is 71.4 Å². The molecule has 4 nitrogen and oxygen atoms in total. The van der Waals surface area contributed by atoms with Gasteiger partial charge in [0, 0.05) is 17.5 Å². The average molecular weight is 294 g/mol. The summed E-state index contributed by atoms with van der Waals surface area (Å²) in [5, 5.41) is 5.32. The van der Waals surface area contributed by atoms with Gasteiger partial charge in [-0.15, -0.1) is 0 Å². The molecule has 0 saturated heterocycles. The van der Waals surface area contributed by atoms with Gasteiger partial charge in [0.1, 0.15) is 0 Å². The fourth-order valence-corrected chi connectivity index (χ4v) is 1.96. The molecule has 0 spiro atoms. The van der Waals surface area contributed by atoms with E-state index < -0.39 is 0 Å². The third kappa shape index (κ3) is 4.31. The van der Waals surface area contributed by atoms with E-state index in [1.165, 1.54) is 6.92 Å². The third-order valence-corrected chi connectivity index (χ3v) is 3.19. The first-order valence-corrected chi connectivity index (χ1v) is 6.97. The predicted octanol–water partition coefficient (Wildman–Crippen LogP) is 3.99. The molecule has 0 aliphatic carbocycles. The number of rotatable bonds is 4. The van der Waals surface area contributed by atoms with Gasteiger partial charge in [-0.2, -0.15) is 0 Å². The molecule has 0 aromatic heterocycles. The van der Waals surface area contributed by atoms with Crippen molar-refractivity contribution in [3.63, 3.8) is 0 Å². The number of hydrogen-bond acceptors (Lipinski definition) is 2. The predicted molar refractivity (Wildman–Crippen MR) is 88.8 cm³/mol. The zero-order valence-corrected chi connectivity index (χ0v) is 12.6. The van der Waals surface area contributed by atoms with Gasteiger partial charge < -0.3 is 10.6 Å². The van der Waals surface area contributed by atoms with E-state index >= 15 is 0 Å². The highest BCUT2D eigenvalue weighted by Gasteiger charge is 2.03. The molecule has 0 atom stereocenters. The highest BCUT2D eigenvalue weighted by molar-refractivity contribution is 5.96. The average Bonchev–Trinajstić information content (AvgIpc) is 2.49. The Bertz CT molecular complexity index is 721. The molecule has 2 rings (SSSR count). The second-order valence-corrected chi connectivity index (χ2v) is 4.93. The Morgan fingerprint density at radius 1 is 1.05 bits per heavy atom. The van der Waals surface area contributed by atoms with Gasteiger partial charge in [-0.1, -0.05) is 36.4 Å². The van der Waals surface area contributed by atoms with Gasteiger partial charge in [-0.3, -0.25) is 4.79 Å². The van der Waals surface area contributed by atoms with Gasteiger partial charge in [0.25, 0.3) is 0 Å². The molecule has 0 aliphatic heterocycles. The van der Waals surface area contributed by atoms with E-state index in [2.05, 4.69) is 10.6 Å². The molecule has 2 N–H and O–H groups in total. The van der Waals surface area contributed by atoms with Crippen LogP contribution in [0.15, 0.2) is 54.7 Å². The molecule has 0 bridgehead atoms. The molecule has 0 heterocycles. The van der Waals surface area contributed by atoms with E-state index in [4.69, 9.17) is 0 Å². The second kappa shape index (κ2) is 7.22. The van der Waals surface area contributed by atoms with Crippen molar-refractivity contribution in [3.8, 4) is 0 Å². The minimum atomic E-state index is -0.356. The van der Waals surface area contributed by atoms with Crippen molar-refractivity contribution in [2.75, 3.05) is 5.32 Å². The quantitative estimate of drug-likeness (QED) is 0.838. The van der Waals surface area contributed by atoms with E-state index in [0.29, 0.717) is 11.3 Å². The molecular weight excluding hydrogens is 276 g/mol. The Labute approximate surface area is 129 Å². The molecule has 4 heteroatoms. The zero-order chi connectivity index (χ0) is 15.9. The van der Waals surface area contributed by atoms with Crippen molar-refractivity contribution >= 4 is 23.6 Å². The molecular formula is C18H18N2O2. The van der Waals surface area contributed by atoms with Crippen LogP contribution in [0.25, 0.3) is 6.08 Å². The second-order valence-electron chi connectivity index (χ2n) is 4.93. The maximum absolute atomic E-state index is 11.8. The Morgan fingerprint density at radius 3 is 2.55 bits per heavy atom. The van der Waals surface area contributed by atoms with Gasteiger partial charge in [0.15, 0.2) is 5.78 Å². The minimum Gasteiger partial charge on any atom is -0.314 e. The van der Waals surface area contributed by atoms with Crippen LogP contribution in [0.2, 0.25) is 0 Å². The van der Waals surface area contributed by atoms with Crippen LogP contribution in [0.3, 0.4) is 0 Å². The number of aryl methyl sites for hydroxylation is 1. The number of benzene rings is 2. The van der Waals surface area contributed by atoms with Crippen LogP contribution in [0.4, 0.5) is 10.5 Å². The van der Waals surface area contributed by atoms with Crippen LogP contribution < -0.4 is 10.6 Å². The minimum absolute atomic E-state index is 0.0384. The number of anilines is 1. The summed E-state index contributed by atoms with van der Waals surface area (Å²) in [6.07, 6.45) is 3.42. The zero-order valence-electron chi connectivity index (χ0n) is 12.6. The lowest BCUT2D eigenvalue weighted by atomic mass is 10.1. The van der Waals surface area contributed by atoms with E-state index in [-0.39, 0.29) is 11.8 Å². The summed E-state index contributed by atoms with van der Waals surface area (Å²) >= 11 is 0. The number of carbonyl (C=O) groups is 2. The summed E-state index contributed by atoms with van der Waals surface area (Å²) in [4.78, 5) is 23.1. The highest BCUT2D eigenvalue weighted by atomic mass is 16.2. The number of ketones is 1. The van der Waals surface area contributed by atoms with Gasteiger partial charge >= 0.3 is 6.03 Å². The fraction of sp³-hybridized carbons (Fsp3) is 0.111. The summed E-state index contributed by atoms with van der Waals surface area (Å²) in [5.74, 6) is -0.0384. The van der Waals surface area contributed by atoms with Crippen LogP contribution >= 0.6 is 0 Å². The standard InChI is InChI=1S/C18H18N2O2/c1-13-6-3-4-7-15(13)10-11-19-18(22)20-17-9-5-8-16(12-17)14(2)21/h3-12H,1-2H3,(H2,19,20,22)/b11-10+. The lowest BCUT2D eigenvalue weighted by Gasteiger charge is -2.06. The van der Waals surface area contributed by atoms with E-state index in [9.17, 15) is 9.59 Å². The molecule has 2 amide bonds. The maximum Gasteiger partial charge on any atom is 0.323 e. The number of carbonyl (C=O) groups excluding carboxylic acids is 2. The SMILES string of the molecule is CC(=O)c1cccc(NC(=O)N/C=C/c2ccccc2C)c1. The smallest absolute Gasteiger partial charge is 0.314 e. The molecule has 0 radical (unpaired) electrons. The lowest BCUT2D eigenvalue weighted by molar-refractivity contribution is 0.101. The number of amides is 2. The molecule has 0 aliphatic rings. The molecule has 2 aromatic rings. The summed E-state index contributed by atoms with van der Waals surface area (Å²) < 4.78 is 0. The first-order valence-electron chi connectivity index (χ1n) is 6.97. The maximum atomic E-state index is 11.8. The van der Waals surface area contributed by atoms with Crippen LogP contribution in [-0.2, 0) is 0 Å². The molecule has 2 aromatic carbocycles. The Kier molecular flexibility index (Phi) is 5.09. The monoisotopic (exact) mass is 294 g/mol. The molecule has 0 unspecified atom stereocenters. The van der Waals surface area contributed by atoms with Crippen molar-refractivity contribution in [1.29, 1.82) is 0 Å². The summed E-state index contributed by atoms with van der Waals surface area (Å²) in [7, 11) is 0. The molecule has 0 saturated carbocycles. The van der Waals surface area contributed by atoms with Crippen LogP contribution in [0, 0.1) is 6.92 Å². The van der Waals surface area contributed by atoms with Gasteiger partial charge in [0.05, 0.1) is 0 Å². The number of nitrogens with one attached hydrogen (secondary N) is 2. The molecule has 22 heavy (non-hydrogen) atoms. The van der Waals surface area contributed by atoms with E-state index in [1.54, 1.807) is 30.5 Å². The van der Waals surface area contributed by atoms with Crippen molar-refractivity contribution in [2.24, 2.45) is 0 Å². The van der Waals surface area contributed by atoms with Crippen LogP contribution in [-0.4, -0.2) is 11.8 Å². The summed E-state index contributed by atoms with van der Waals surface area (Å²) in [6.45, 7) is 3.50. The number of urea groups is 1. The van der Waals surface area contributed by atoms with Crippen molar-refractivity contribution in [1.82, 2.24) is 5.32 Å². The molecule has 0 fully saturated rings. The van der Waals surface area contributed by atoms with Gasteiger partial charge in [-0.05, 0) is 43.2 Å². The first-order chi connectivity index (χ1) is 10.6. The summed E-state index contributed by atoms with van der Waals surface area (Å²) in [6, 6.07) is 14.4. The number of Topliss-reactive ketones (excluding diaryl/α,β-unsaturated/α-hetero) is 1. The van der Waals surface area contributed by atoms with E-state index in [0.717, 1.165) is 11.1 Å². The van der Waals surface area contributed by atoms with Crippen LogP contribution in [0.1, 0.15) is 28.4 Å². The van der Waals surface area contributed by atoms with Crippen molar-refractivity contribution in [2.45, 2.75) is 13.8 Å². The van der Waals surface area contributed by atoms with Crippen LogP contribution in [0.5, 0.6) is 0 Å². The fourth-order valence-electron chi connectivity index (χ4n) is 1.96. The normalized spacial score (nSPS) is 10.5. The Balaban J connectivity index is 1.95. The third-order valence-electron chi connectivity index (χ3n) is 3.19. The topological polar surface area (TPSA) is 58.2 Å². The first kappa shape index (κ1) is 15.5. The molecule has 112 valence electrons. The highest BCUT2D eigenvalue weighted by Crippen LogP contribution is 2.11. The van der Waals surface area contributed by atoms with E-state index in [1.807, 2.05) is 37.3 Å². The Morgan fingerprint density at radius 2 is 1.82 bits per heavy atom. The largest absolute Gasteiger partial charge is 0.323 e. The van der Waals surface area contributed by atoms with Crippen molar-refractivity contribution < 1.29 is 9.59 Å². The Hall–Kier alpha value is -2.88. The lowest BCUT2D eigenvalue weighted by Crippen LogP contribution is -2.23. The van der Waals surface area contributed by atoms with Gasteiger partial charge in [0.2, 0.25) is 0 Å². The van der Waals surface area contributed by atoms with Gasteiger partial charge in [-0.25, -0.2) is 4.79 Å². The summed E-state index contributed by atoms with van der Waals surface area (Å²) in [5.41, 5.74) is 3.32.